The first-order valence-corrected chi connectivity index (χ1v) is 6.73. The molecule has 6 heteroatoms. The van der Waals surface area contributed by atoms with Crippen LogP contribution in [-0.2, 0) is 6.42 Å². The van der Waals surface area contributed by atoms with Crippen LogP contribution < -0.4 is 4.90 Å². The lowest BCUT2D eigenvalue weighted by Gasteiger charge is -2.27. The zero-order chi connectivity index (χ0) is 14.4. The lowest BCUT2D eigenvalue weighted by molar-refractivity contribution is 0.778. The molecule has 1 aromatic heterocycles. The maximum atomic E-state index is 9.35. The molecular formula is C15H12N6. The molecule has 0 radical (unpaired) electrons. The van der Waals surface area contributed by atoms with Gasteiger partial charge < -0.3 is 4.90 Å². The molecule has 0 N–H and O–H groups in total. The van der Waals surface area contributed by atoms with Crippen molar-refractivity contribution in [2.24, 2.45) is 4.99 Å². The van der Waals surface area contributed by atoms with Crippen molar-refractivity contribution in [2.75, 3.05) is 11.4 Å². The second-order valence-corrected chi connectivity index (χ2v) is 5.03. The quantitative estimate of drug-likeness (QED) is 0.735. The van der Waals surface area contributed by atoms with E-state index in [0.717, 1.165) is 28.5 Å². The Bertz CT molecular complexity index is 836. The monoisotopic (exact) mass is 276 g/mol. The van der Waals surface area contributed by atoms with Gasteiger partial charge in [0.15, 0.2) is 5.70 Å². The zero-order valence-corrected chi connectivity index (χ0v) is 11.5. The molecule has 1 aromatic carbocycles. The SMILES string of the molecule is Cc1nnn2c1CC1=C(C#N)N=CCN1c1ccccc1-2. The Morgan fingerprint density at radius 3 is 2.86 bits per heavy atom. The molecule has 0 saturated carbocycles. The lowest BCUT2D eigenvalue weighted by Crippen LogP contribution is -2.29. The summed E-state index contributed by atoms with van der Waals surface area (Å²) in [4.78, 5) is 6.37. The van der Waals surface area contributed by atoms with E-state index in [4.69, 9.17) is 0 Å². The number of para-hydroxylation sites is 2. The fourth-order valence-electron chi connectivity index (χ4n) is 2.85. The summed E-state index contributed by atoms with van der Waals surface area (Å²) in [5.74, 6) is 0. The zero-order valence-electron chi connectivity index (χ0n) is 11.5. The summed E-state index contributed by atoms with van der Waals surface area (Å²) in [6, 6.07) is 10.2. The van der Waals surface area contributed by atoms with Crippen LogP contribution in [0.3, 0.4) is 0 Å². The largest absolute Gasteiger partial charge is 0.335 e. The first-order chi connectivity index (χ1) is 10.3. The molecule has 0 amide bonds. The summed E-state index contributed by atoms with van der Waals surface area (Å²) in [6.07, 6.45) is 2.38. The Labute approximate surface area is 121 Å². The number of hydrogen-bond donors (Lipinski definition) is 0. The molecule has 2 aromatic rings. The number of rotatable bonds is 0. The van der Waals surface area contributed by atoms with Crippen LogP contribution >= 0.6 is 0 Å². The Kier molecular flexibility index (Phi) is 2.42. The van der Waals surface area contributed by atoms with Crippen LogP contribution in [0.1, 0.15) is 11.4 Å². The van der Waals surface area contributed by atoms with Crippen molar-refractivity contribution in [1.82, 2.24) is 15.0 Å². The predicted octanol–water partition coefficient (Wildman–Crippen LogP) is 1.76. The Morgan fingerprint density at radius 2 is 2.05 bits per heavy atom. The van der Waals surface area contributed by atoms with Gasteiger partial charge in [-0.3, -0.25) is 0 Å². The van der Waals surface area contributed by atoms with Crippen molar-refractivity contribution in [2.45, 2.75) is 13.3 Å². The molecule has 3 heterocycles. The van der Waals surface area contributed by atoms with Gasteiger partial charge in [-0.15, -0.1) is 5.10 Å². The number of hydrogen-bond acceptors (Lipinski definition) is 5. The number of anilines is 1. The van der Waals surface area contributed by atoms with Crippen LogP contribution in [-0.4, -0.2) is 27.8 Å². The van der Waals surface area contributed by atoms with Crippen molar-refractivity contribution in [3.8, 4) is 11.8 Å². The smallest absolute Gasteiger partial charge is 0.160 e. The van der Waals surface area contributed by atoms with E-state index in [1.54, 1.807) is 6.21 Å². The molecule has 2 aliphatic rings. The van der Waals surface area contributed by atoms with E-state index in [2.05, 4.69) is 26.3 Å². The summed E-state index contributed by atoms with van der Waals surface area (Å²) in [7, 11) is 0. The number of aliphatic imine (C=N–C) groups is 1. The van der Waals surface area contributed by atoms with E-state index in [1.165, 1.54) is 0 Å². The van der Waals surface area contributed by atoms with Gasteiger partial charge in [0.1, 0.15) is 6.07 Å². The molecule has 0 bridgehead atoms. The highest BCUT2D eigenvalue weighted by atomic mass is 15.4. The third kappa shape index (κ3) is 1.61. The minimum absolute atomic E-state index is 0.463. The van der Waals surface area contributed by atoms with Gasteiger partial charge in [-0.25, -0.2) is 9.67 Å². The molecule has 0 saturated heterocycles. The first-order valence-electron chi connectivity index (χ1n) is 6.73. The number of aromatic nitrogens is 3. The van der Waals surface area contributed by atoms with Crippen LogP contribution in [0.5, 0.6) is 0 Å². The minimum atomic E-state index is 0.463. The maximum absolute atomic E-state index is 9.35. The average molecular weight is 276 g/mol. The number of nitrogens with zero attached hydrogens (tertiary/aromatic N) is 6. The van der Waals surface area contributed by atoms with Gasteiger partial charge in [0, 0.05) is 12.6 Å². The summed E-state index contributed by atoms with van der Waals surface area (Å²) in [5.41, 5.74) is 5.27. The molecule has 0 atom stereocenters. The Balaban J connectivity index is 2.06. The summed E-state index contributed by atoms with van der Waals surface area (Å²) in [6.45, 7) is 2.60. The van der Waals surface area contributed by atoms with Crippen molar-refractivity contribution in [3.05, 3.63) is 47.0 Å². The number of aryl methyl sites for hydroxylation is 1. The summed E-state index contributed by atoms with van der Waals surface area (Å²) >= 11 is 0. The fraction of sp³-hybridized carbons (Fsp3) is 0.200. The third-order valence-electron chi connectivity index (χ3n) is 3.88. The van der Waals surface area contributed by atoms with Crippen LogP contribution in [0.2, 0.25) is 0 Å². The van der Waals surface area contributed by atoms with E-state index in [9.17, 15) is 5.26 Å². The molecule has 102 valence electrons. The topological polar surface area (TPSA) is 70.1 Å². The van der Waals surface area contributed by atoms with Crippen molar-refractivity contribution in [1.29, 1.82) is 5.26 Å². The molecule has 0 unspecified atom stereocenters. The van der Waals surface area contributed by atoms with Crippen LogP contribution in [0.15, 0.2) is 40.7 Å². The average Bonchev–Trinajstić information content (AvgIpc) is 2.81. The molecular weight excluding hydrogens is 264 g/mol. The molecule has 6 nitrogen and oxygen atoms in total. The van der Waals surface area contributed by atoms with Gasteiger partial charge in [0.2, 0.25) is 0 Å². The third-order valence-corrected chi connectivity index (χ3v) is 3.88. The van der Waals surface area contributed by atoms with Gasteiger partial charge in [-0.1, -0.05) is 17.3 Å². The Morgan fingerprint density at radius 1 is 1.24 bits per heavy atom. The summed E-state index contributed by atoms with van der Waals surface area (Å²) < 4.78 is 1.87. The van der Waals surface area contributed by atoms with E-state index < -0.39 is 0 Å². The fourth-order valence-corrected chi connectivity index (χ4v) is 2.85. The van der Waals surface area contributed by atoms with Crippen LogP contribution in [0.4, 0.5) is 5.69 Å². The van der Waals surface area contributed by atoms with E-state index >= 15 is 0 Å². The number of nitriles is 1. The van der Waals surface area contributed by atoms with Gasteiger partial charge >= 0.3 is 0 Å². The number of fused-ring (bicyclic) bond motifs is 5. The minimum Gasteiger partial charge on any atom is -0.335 e. The second kappa shape index (κ2) is 4.28. The van der Waals surface area contributed by atoms with Crippen LogP contribution in [0.25, 0.3) is 5.69 Å². The molecule has 21 heavy (non-hydrogen) atoms. The number of allylic oxidation sites excluding steroid dienone is 2. The van der Waals surface area contributed by atoms with Gasteiger partial charge in [0.05, 0.1) is 35.0 Å². The predicted molar refractivity (Wildman–Crippen MR) is 78.3 cm³/mol. The molecule has 2 aliphatic heterocycles. The van der Waals surface area contributed by atoms with Gasteiger partial charge in [-0.2, -0.15) is 5.26 Å². The highest BCUT2D eigenvalue weighted by Crippen LogP contribution is 2.35. The Hall–Kier alpha value is -2.94. The van der Waals surface area contributed by atoms with Crippen molar-refractivity contribution >= 4 is 11.9 Å². The van der Waals surface area contributed by atoms with E-state index in [0.29, 0.717) is 18.7 Å². The normalized spacial score (nSPS) is 15.9. The maximum Gasteiger partial charge on any atom is 0.160 e. The highest BCUT2D eigenvalue weighted by Gasteiger charge is 2.28. The second-order valence-electron chi connectivity index (χ2n) is 5.03. The van der Waals surface area contributed by atoms with E-state index in [-0.39, 0.29) is 0 Å². The standard InChI is InChI=1S/C15H12N6/c1-10-14-8-15-11(9-16)17-6-7-20(15)12-4-2-3-5-13(12)21(14)19-18-10/h2-6H,7-8H2,1H3. The van der Waals surface area contributed by atoms with Gasteiger partial charge in [-0.05, 0) is 19.1 Å². The molecule has 4 rings (SSSR count). The summed E-state index contributed by atoms with van der Waals surface area (Å²) in [5, 5.41) is 17.8. The lowest BCUT2D eigenvalue weighted by atomic mass is 10.1. The number of benzene rings is 1. The first kappa shape index (κ1) is 11.9. The van der Waals surface area contributed by atoms with Crippen LogP contribution in [0, 0.1) is 18.3 Å². The molecule has 0 spiro atoms. The van der Waals surface area contributed by atoms with Crippen molar-refractivity contribution in [3.63, 3.8) is 0 Å². The molecule has 0 fully saturated rings. The molecule has 0 aliphatic carbocycles. The van der Waals surface area contributed by atoms with E-state index in [1.807, 2.05) is 35.9 Å². The van der Waals surface area contributed by atoms with Gasteiger partial charge in [0.25, 0.3) is 0 Å². The highest BCUT2D eigenvalue weighted by molar-refractivity contribution is 5.78. The van der Waals surface area contributed by atoms with Crippen molar-refractivity contribution < 1.29 is 0 Å².